The number of nitrogens with zero attached hydrogens (tertiary/aromatic N) is 1. The summed E-state index contributed by atoms with van der Waals surface area (Å²) in [6, 6.07) is 5.58. The lowest BCUT2D eigenvalue weighted by Gasteiger charge is -2.31. The fourth-order valence-electron chi connectivity index (χ4n) is 3.37. The van der Waals surface area contributed by atoms with Crippen LogP contribution in [0.25, 0.3) is 0 Å². The molecule has 1 aliphatic heterocycles. The quantitative estimate of drug-likeness (QED) is 0.852. The van der Waals surface area contributed by atoms with Gasteiger partial charge in [-0.3, -0.25) is 0 Å². The fourth-order valence-corrected chi connectivity index (χ4v) is 3.37. The molecule has 0 radical (unpaired) electrons. The minimum Gasteiger partial charge on any atom is -0.368 e. The van der Waals surface area contributed by atoms with E-state index < -0.39 is 0 Å². The molecule has 1 heterocycles. The second-order valence-corrected chi connectivity index (χ2v) is 5.48. The molecule has 0 amide bonds. The Balaban J connectivity index is 1.97. The lowest BCUT2D eigenvalue weighted by molar-refractivity contribution is 0.550. The Hall–Kier alpha value is -1.09. The summed E-state index contributed by atoms with van der Waals surface area (Å²) in [6.07, 6.45) is 3.94. The first kappa shape index (κ1) is 11.0. The second kappa shape index (κ2) is 3.98. The predicted molar refractivity (Wildman–Crippen MR) is 67.5 cm³/mol. The van der Waals surface area contributed by atoms with Gasteiger partial charge in [-0.15, -0.1) is 0 Å². The molecule has 2 aliphatic rings. The fraction of sp³-hybridized carbons (Fsp3) is 0.571. The molecule has 2 unspecified atom stereocenters. The van der Waals surface area contributed by atoms with E-state index in [0.717, 1.165) is 23.7 Å². The molecule has 0 spiro atoms. The van der Waals surface area contributed by atoms with Crippen LogP contribution in [0, 0.1) is 11.7 Å². The van der Waals surface area contributed by atoms with Gasteiger partial charge >= 0.3 is 0 Å². The highest BCUT2D eigenvalue weighted by atomic mass is 19.1. The van der Waals surface area contributed by atoms with Gasteiger partial charge in [0.05, 0.1) is 0 Å². The van der Waals surface area contributed by atoms with Crippen LogP contribution in [0.1, 0.15) is 37.8 Å². The van der Waals surface area contributed by atoms with Gasteiger partial charge in [0.25, 0.3) is 0 Å². The average Bonchev–Trinajstić information content (AvgIpc) is 2.90. The van der Waals surface area contributed by atoms with Crippen molar-refractivity contribution in [2.24, 2.45) is 11.7 Å². The van der Waals surface area contributed by atoms with Crippen LogP contribution in [0.15, 0.2) is 18.2 Å². The minimum atomic E-state index is -0.189. The van der Waals surface area contributed by atoms with Crippen LogP contribution >= 0.6 is 0 Å². The van der Waals surface area contributed by atoms with Crippen molar-refractivity contribution in [1.82, 2.24) is 0 Å². The molecule has 3 atom stereocenters. The molecule has 0 aromatic heterocycles. The third-order valence-corrected chi connectivity index (χ3v) is 4.20. The maximum absolute atomic E-state index is 13.3. The zero-order valence-electron chi connectivity index (χ0n) is 10.2. The smallest absolute Gasteiger partial charge is 0.123 e. The van der Waals surface area contributed by atoms with Crippen molar-refractivity contribution in [1.29, 1.82) is 0 Å². The Morgan fingerprint density at radius 3 is 2.82 bits per heavy atom. The summed E-state index contributed by atoms with van der Waals surface area (Å²) in [5.41, 5.74) is 8.04. The Bertz CT molecular complexity index is 430. The van der Waals surface area contributed by atoms with E-state index in [1.165, 1.54) is 19.3 Å². The van der Waals surface area contributed by atoms with Crippen LogP contribution in [0.3, 0.4) is 0 Å². The maximum atomic E-state index is 13.3. The number of hydrogen-bond acceptors (Lipinski definition) is 2. The standard InChI is InChI=1S/C14H19FN2/c1-9(16)13-7-11(15)3-5-14(13)17-8-10-2-4-12(17)6-10/h3,5,7,9-10,12H,2,4,6,8,16H2,1H3/t9-,10?,12?/m1/s1. The Morgan fingerprint density at radius 2 is 2.24 bits per heavy atom. The molecule has 2 bridgehead atoms. The molecule has 1 aromatic carbocycles. The average molecular weight is 234 g/mol. The number of halogens is 1. The molecular formula is C14H19FN2. The minimum absolute atomic E-state index is 0.111. The number of piperidine rings is 1. The number of anilines is 1. The highest BCUT2D eigenvalue weighted by molar-refractivity contribution is 5.57. The zero-order chi connectivity index (χ0) is 12.0. The highest BCUT2D eigenvalue weighted by Crippen LogP contribution is 2.42. The van der Waals surface area contributed by atoms with Crippen molar-refractivity contribution in [3.05, 3.63) is 29.6 Å². The van der Waals surface area contributed by atoms with Crippen molar-refractivity contribution >= 4 is 5.69 Å². The normalized spacial score (nSPS) is 28.8. The van der Waals surface area contributed by atoms with Crippen LogP contribution in [0.2, 0.25) is 0 Å². The molecular weight excluding hydrogens is 215 g/mol. The molecule has 2 nitrogen and oxygen atoms in total. The molecule has 2 fully saturated rings. The third-order valence-electron chi connectivity index (χ3n) is 4.20. The molecule has 3 heteroatoms. The second-order valence-electron chi connectivity index (χ2n) is 5.48. The van der Waals surface area contributed by atoms with E-state index in [0.29, 0.717) is 6.04 Å². The van der Waals surface area contributed by atoms with Gasteiger partial charge in [0.15, 0.2) is 0 Å². The zero-order valence-corrected chi connectivity index (χ0v) is 10.2. The van der Waals surface area contributed by atoms with Crippen LogP contribution in [-0.2, 0) is 0 Å². The van der Waals surface area contributed by atoms with Crippen LogP contribution < -0.4 is 10.6 Å². The van der Waals surface area contributed by atoms with Crippen molar-refractivity contribution in [2.75, 3.05) is 11.4 Å². The summed E-state index contributed by atoms with van der Waals surface area (Å²) in [5, 5.41) is 0. The van der Waals surface area contributed by atoms with Gasteiger partial charge in [0.1, 0.15) is 5.82 Å². The maximum Gasteiger partial charge on any atom is 0.123 e. The van der Waals surface area contributed by atoms with E-state index in [-0.39, 0.29) is 11.9 Å². The summed E-state index contributed by atoms with van der Waals surface area (Å²) in [6.45, 7) is 3.04. The first-order valence-corrected chi connectivity index (χ1v) is 6.47. The Labute approximate surface area is 102 Å². The number of nitrogens with two attached hydrogens (primary N) is 1. The van der Waals surface area contributed by atoms with Crippen molar-refractivity contribution in [3.63, 3.8) is 0 Å². The molecule has 2 N–H and O–H groups in total. The Kier molecular flexibility index (Phi) is 2.58. The Morgan fingerprint density at radius 1 is 1.41 bits per heavy atom. The van der Waals surface area contributed by atoms with Gasteiger partial charge in [-0.05, 0) is 55.9 Å². The summed E-state index contributed by atoms with van der Waals surface area (Å²) < 4.78 is 13.3. The summed E-state index contributed by atoms with van der Waals surface area (Å²) in [4.78, 5) is 2.44. The number of hydrogen-bond donors (Lipinski definition) is 1. The van der Waals surface area contributed by atoms with Gasteiger partial charge < -0.3 is 10.6 Å². The SMILES string of the molecule is C[C@@H](N)c1cc(F)ccc1N1CC2CCC1C2. The van der Waals surface area contributed by atoms with Crippen LogP contribution in [0.4, 0.5) is 10.1 Å². The van der Waals surface area contributed by atoms with Gasteiger partial charge in [0, 0.05) is 24.3 Å². The highest BCUT2D eigenvalue weighted by Gasteiger charge is 2.38. The topological polar surface area (TPSA) is 29.3 Å². The molecule has 17 heavy (non-hydrogen) atoms. The number of fused-ring (bicyclic) bond motifs is 2. The molecule has 1 saturated heterocycles. The molecule has 92 valence electrons. The lowest BCUT2D eigenvalue weighted by atomic mass is 10.0. The van der Waals surface area contributed by atoms with Crippen molar-refractivity contribution in [2.45, 2.75) is 38.3 Å². The molecule has 1 aromatic rings. The molecule has 3 rings (SSSR count). The number of rotatable bonds is 2. The van der Waals surface area contributed by atoms with Crippen molar-refractivity contribution < 1.29 is 4.39 Å². The first-order valence-electron chi connectivity index (χ1n) is 6.47. The van der Waals surface area contributed by atoms with E-state index >= 15 is 0 Å². The van der Waals surface area contributed by atoms with E-state index in [1.54, 1.807) is 12.1 Å². The van der Waals surface area contributed by atoms with E-state index in [1.807, 2.05) is 13.0 Å². The predicted octanol–water partition coefficient (Wildman–Crippen LogP) is 2.83. The van der Waals surface area contributed by atoms with E-state index in [9.17, 15) is 4.39 Å². The first-order chi connectivity index (χ1) is 8.15. The van der Waals surface area contributed by atoms with E-state index in [4.69, 9.17) is 5.73 Å². The van der Waals surface area contributed by atoms with Crippen LogP contribution in [-0.4, -0.2) is 12.6 Å². The van der Waals surface area contributed by atoms with Gasteiger partial charge in [-0.25, -0.2) is 4.39 Å². The molecule has 1 aliphatic carbocycles. The summed E-state index contributed by atoms with van der Waals surface area (Å²) >= 11 is 0. The number of benzene rings is 1. The monoisotopic (exact) mass is 234 g/mol. The summed E-state index contributed by atoms with van der Waals surface area (Å²) in [5.74, 6) is 0.649. The molecule has 1 saturated carbocycles. The van der Waals surface area contributed by atoms with Gasteiger partial charge in [-0.1, -0.05) is 0 Å². The largest absolute Gasteiger partial charge is 0.368 e. The van der Waals surface area contributed by atoms with Gasteiger partial charge in [0.2, 0.25) is 0 Å². The van der Waals surface area contributed by atoms with Crippen LogP contribution in [0.5, 0.6) is 0 Å². The summed E-state index contributed by atoms with van der Waals surface area (Å²) in [7, 11) is 0. The van der Waals surface area contributed by atoms with E-state index in [2.05, 4.69) is 4.90 Å². The third kappa shape index (κ3) is 1.82. The van der Waals surface area contributed by atoms with Gasteiger partial charge in [-0.2, -0.15) is 0 Å². The lowest BCUT2D eigenvalue weighted by Crippen LogP contribution is -2.33. The van der Waals surface area contributed by atoms with Crippen molar-refractivity contribution in [3.8, 4) is 0 Å².